The molecule has 3 rings (SSSR count). The molecule has 0 unspecified atom stereocenters. The van der Waals surface area contributed by atoms with E-state index in [1.54, 1.807) is 6.07 Å². The van der Waals surface area contributed by atoms with Gasteiger partial charge in [0.15, 0.2) is 0 Å². The van der Waals surface area contributed by atoms with Gasteiger partial charge in [-0.25, -0.2) is 4.39 Å². The summed E-state index contributed by atoms with van der Waals surface area (Å²) in [6, 6.07) is 6.31. The van der Waals surface area contributed by atoms with E-state index in [0.717, 1.165) is 41.8 Å². The van der Waals surface area contributed by atoms with Gasteiger partial charge < -0.3 is 5.32 Å². The normalized spacial score (nSPS) is 17.2. The minimum Gasteiger partial charge on any atom is -0.349 e. The highest BCUT2D eigenvalue weighted by Gasteiger charge is 2.46. The molecular weight excluding hydrogens is 305 g/mol. The van der Waals surface area contributed by atoms with Gasteiger partial charge in [-0.15, -0.1) is 0 Å². The Bertz CT molecular complexity index is 777. The Balaban J connectivity index is 1.85. The fraction of sp³-hybridized carbons (Fsp3) is 0.474. The second-order valence-corrected chi connectivity index (χ2v) is 6.85. The lowest BCUT2D eigenvalue weighted by Gasteiger charge is -2.41. The van der Waals surface area contributed by atoms with Crippen molar-refractivity contribution in [3.05, 3.63) is 52.6 Å². The first-order chi connectivity index (χ1) is 11.3. The molecule has 1 aliphatic rings. The third kappa shape index (κ3) is 2.62. The monoisotopic (exact) mass is 329 g/mol. The second kappa shape index (κ2) is 6.04. The smallest absolute Gasteiger partial charge is 0.231 e. The third-order valence-electron chi connectivity index (χ3n) is 5.36. The van der Waals surface area contributed by atoms with Crippen molar-refractivity contribution in [1.82, 2.24) is 15.1 Å². The summed E-state index contributed by atoms with van der Waals surface area (Å²) in [7, 11) is 1.90. The number of amides is 1. The maximum atomic E-state index is 13.6. The number of nitrogens with zero attached hydrogens (tertiary/aromatic N) is 2. The first-order valence-electron chi connectivity index (χ1n) is 8.42. The molecule has 1 aliphatic carbocycles. The van der Waals surface area contributed by atoms with Crippen LogP contribution < -0.4 is 5.32 Å². The molecule has 0 spiro atoms. The van der Waals surface area contributed by atoms with Crippen molar-refractivity contribution in [2.45, 2.75) is 51.5 Å². The number of rotatable bonds is 4. The van der Waals surface area contributed by atoms with Crippen LogP contribution in [0.1, 0.15) is 54.7 Å². The number of hydrogen-bond donors (Lipinski definition) is 1. The summed E-state index contributed by atoms with van der Waals surface area (Å²) in [6.45, 7) is 5.94. The molecule has 0 aliphatic heterocycles. The molecule has 0 saturated heterocycles. The van der Waals surface area contributed by atoms with Gasteiger partial charge in [0.1, 0.15) is 5.82 Å². The minimum atomic E-state index is -0.597. The summed E-state index contributed by atoms with van der Waals surface area (Å²) in [5.41, 5.74) is 3.21. The highest BCUT2D eigenvalue weighted by atomic mass is 19.1. The highest BCUT2D eigenvalue weighted by molar-refractivity contribution is 5.89. The van der Waals surface area contributed by atoms with Gasteiger partial charge in [-0.3, -0.25) is 9.48 Å². The van der Waals surface area contributed by atoms with Crippen LogP contribution in [0.25, 0.3) is 0 Å². The molecule has 1 heterocycles. The van der Waals surface area contributed by atoms with Gasteiger partial charge in [0.2, 0.25) is 5.91 Å². The third-order valence-corrected chi connectivity index (χ3v) is 5.36. The van der Waals surface area contributed by atoms with Crippen LogP contribution in [0.4, 0.5) is 4.39 Å². The Morgan fingerprint density at radius 3 is 2.58 bits per heavy atom. The molecule has 1 atom stereocenters. The molecule has 2 aromatic rings. The maximum absolute atomic E-state index is 13.6. The van der Waals surface area contributed by atoms with Crippen molar-refractivity contribution in [3.8, 4) is 0 Å². The summed E-state index contributed by atoms with van der Waals surface area (Å²) in [4.78, 5) is 13.0. The van der Waals surface area contributed by atoms with Gasteiger partial charge in [0.25, 0.3) is 0 Å². The molecule has 128 valence electrons. The Hall–Kier alpha value is -2.17. The number of nitrogens with one attached hydrogen (secondary N) is 1. The summed E-state index contributed by atoms with van der Waals surface area (Å²) in [5.74, 6) is -0.312. The van der Waals surface area contributed by atoms with Crippen molar-refractivity contribution in [1.29, 1.82) is 0 Å². The van der Waals surface area contributed by atoms with Crippen LogP contribution in [0.2, 0.25) is 0 Å². The van der Waals surface area contributed by atoms with Crippen molar-refractivity contribution in [2.75, 3.05) is 0 Å². The van der Waals surface area contributed by atoms with Gasteiger partial charge >= 0.3 is 0 Å². The number of aryl methyl sites for hydroxylation is 2. The zero-order valence-electron chi connectivity index (χ0n) is 14.7. The van der Waals surface area contributed by atoms with E-state index in [-0.39, 0.29) is 17.8 Å². The second-order valence-electron chi connectivity index (χ2n) is 6.85. The van der Waals surface area contributed by atoms with Gasteiger partial charge in [0.05, 0.1) is 17.2 Å². The van der Waals surface area contributed by atoms with Crippen molar-refractivity contribution in [3.63, 3.8) is 0 Å². The average Bonchev–Trinajstić information content (AvgIpc) is 2.70. The molecule has 5 heteroatoms. The van der Waals surface area contributed by atoms with E-state index in [0.29, 0.717) is 0 Å². The van der Waals surface area contributed by atoms with Crippen LogP contribution in [0.5, 0.6) is 0 Å². The Morgan fingerprint density at radius 2 is 2.08 bits per heavy atom. The van der Waals surface area contributed by atoms with Crippen LogP contribution in [0.15, 0.2) is 24.3 Å². The topological polar surface area (TPSA) is 46.9 Å². The summed E-state index contributed by atoms with van der Waals surface area (Å²) in [6.07, 6.45) is 2.52. The lowest BCUT2D eigenvalue weighted by atomic mass is 9.63. The van der Waals surface area contributed by atoms with Crippen LogP contribution in [-0.2, 0) is 17.3 Å². The molecule has 1 aromatic carbocycles. The molecule has 24 heavy (non-hydrogen) atoms. The molecule has 1 aromatic heterocycles. The number of carbonyl (C=O) groups is 1. The molecule has 0 radical (unpaired) electrons. The number of benzene rings is 1. The predicted molar refractivity (Wildman–Crippen MR) is 91.2 cm³/mol. The number of aromatic nitrogens is 2. The van der Waals surface area contributed by atoms with Crippen LogP contribution >= 0.6 is 0 Å². The van der Waals surface area contributed by atoms with E-state index in [2.05, 4.69) is 10.4 Å². The highest BCUT2D eigenvalue weighted by Crippen LogP contribution is 2.44. The van der Waals surface area contributed by atoms with Crippen molar-refractivity contribution in [2.24, 2.45) is 7.05 Å². The molecule has 1 N–H and O–H groups in total. The standard InChI is InChI=1S/C19H24FN3O/c1-12(17-13(2)22-23(4)14(17)3)21-18(24)19(9-6-10-19)15-7-5-8-16(20)11-15/h5,7-8,11-12H,6,9-10H2,1-4H3,(H,21,24)/t12-/m0/s1. The molecular formula is C19H24FN3O. The Kier molecular flexibility index (Phi) is 4.20. The number of carbonyl (C=O) groups excluding carboxylic acids is 1. The van der Waals surface area contributed by atoms with E-state index in [1.807, 2.05) is 38.6 Å². The molecule has 1 saturated carbocycles. The zero-order valence-corrected chi connectivity index (χ0v) is 14.7. The van der Waals surface area contributed by atoms with Crippen LogP contribution in [0, 0.1) is 19.7 Å². The van der Waals surface area contributed by atoms with Crippen molar-refractivity contribution < 1.29 is 9.18 Å². The average molecular weight is 329 g/mol. The minimum absolute atomic E-state index is 0.0190. The molecule has 0 bridgehead atoms. The van der Waals surface area contributed by atoms with Crippen LogP contribution in [-0.4, -0.2) is 15.7 Å². The van der Waals surface area contributed by atoms with Gasteiger partial charge in [-0.05, 0) is 51.3 Å². The first kappa shape index (κ1) is 16.7. The fourth-order valence-corrected chi connectivity index (χ4v) is 3.79. The van der Waals surface area contributed by atoms with E-state index < -0.39 is 5.41 Å². The molecule has 1 fully saturated rings. The maximum Gasteiger partial charge on any atom is 0.231 e. The molecule has 1 amide bonds. The van der Waals surface area contributed by atoms with Gasteiger partial charge in [-0.2, -0.15) is 5.10 Å². The van der Waals surface area contributed by atoms with Crippen molar-refractivity contribution >= 4 is 5.91 Å². The SMILES string of the molecule is Cc1nn(C)c(C)c1[C@H](C)NC(=O)C1(c2cccc(F)c2)CCC1. The van der Waals surface area contributed by atoms with E-state index >= 15 is 0 Å². The zero-order chi connectivity index (χ0) is 17.5. The van der Waals surface area contributed by atoms with Gasteiger partial charge in [-0.1, -0.05) is 18.6 Å². The first-order valence-corrected chi connectivity index (χ1v) is 8.42. The van der Waals surface area contributed by atoms with E-state index in [9.17, 15) is 9.18 Å². The Labute approximate surface area is 142 Å². The Morgan fingerprint density at radius 1 is 1.38 bits per heavy atom. The predicted octanol–water partition coefficient (Wildman–Crippen LogP) is 3.48. The fourth-order valence-electron chi connectivity index (χ4n) is 3.79. The quantitative estimate of drug-likeness (QED) is 0.933. The summed E-state index contributed by atoms with van der Waals surface area (Å²) >= 11 is 0. The lowest BCUT2D eigenvalue weighted by molar-refractivity contribution is -0.130. The van der Waals surface area contributed by atoms with Gasteiger partial charge in [0, 0.05) is 18.3 Å². The summed E-state index contributed by atoms with van der Waals surface area (Å²) in [5, 5.41) is 7.56. The summed E-state index contributed by atoms with van der Waals surface area (Å²) < 4.78 is 15.4. The number of halogens is 1. The van der Waals surface area contributed by atoms with Crippen LogP contribution in [0.3, 0.4) is 0 Å². The lowest BCUT2D eigenvalue weighted by Crippen LogP contribution is -2.49. The molecule has 4 nitrogen and oxygen atoms in total. The number of hydrogen-bond acceptors (Lipinski definition) is 2. The van der Waals surface area contributed by atoms with E-state index in [4.69, 9.17) is 0 Å². The largest absolute Gasteiger partial charge is 0.349 e. The van der Waals surface area contributed by atoms with E-state index in [1.165, 1.54) is 12.1 Å².